The number of sulfone groups is 1. The van der Waals surface area contributed by atoms with Gasteiger partial charge in [0.2, 0.25) is 0 Å². The Morgan fingerprint density at radius 1 is 1.40 bits per heavy atom. The highest BCUT2D eigenvalue weighted by Crippen LogP contribution is 2.39. The molecule has 0 amide bonds. The molecule has 0 spiro atoms. The smallest absolute Gasteiger partial charge is 0.182 e. The van der Waals surface area contributed by atoms with Gasteiger partial charge in [-0.15, -0.1) is 0 Å². The van der Waals surface area contributed by atoms with Gasteiger partial charge in [-0.25, -0.2) is 8.42 Å². The lowest BCUT2D eigenvalue weighted by atomic mass is 9.90. The van der Waals surface area contributed by atoms with Crippen LogP contribution in [0.2, 0.25) is 0 Å². The van der Waals surface area contributed by atoms with E-state index in [2.05, 4.69) is 9.27 Å². The maximum absolute atomic E-state index is 12.0. The van der Waals surface area contributed by atoms with Crippen molar-refractivity contribution in [1.82, 2.24) is 4.37 Å². The lowest BCUT2D eigenvalue weighted by molar-refractivity contribution is -0.00858. The fourth-order valence-corrected chi connectivity index (χ4v) is 5.44. The molecule has 2 fully saturated rings. The van der Waals surface area contributed by atoms with Gasteiger partial charge in [-0.05, 0) is 24.4 Å². The fourth-order valence-electron chi connectivity index (χ4n) is 3.16. The van der Waals surface area contributed by atoms with Gasteiger partial charge in [0.25, 0.3) is 0 Å². The second-order valence-electron chi connectivity index (χ2n) is 5.43. The summed E-state index contributed by atoms with van der Waals surface area (Å²) in [6.45, 7) is 1.33. The zero-order valence-corrected chi connectivity index (χ0v) is 13.0. The first kappa shape index (κ1) is 14.1. The van der Waals surface area contributed by atoms with Gasteiger partial charge in [0.05, 0.1) is 18.8 Å². The Morgan fingerprint density at radius 2 is 2.15 bits per heavy atom. The second-order valence-corrected chi connectivity index (χ2v) is 8.13. The summed E-state index contributed by atoms with van der Waals surface area (Å²) in [4.78, 5) is 2.34. The third kappa shape index (κ3) is 2.40. The molecule has 112 valence electrons. The number of nitrogens with zero attached hydrogens (tertiary/aromatic N) is 2. The van der Waals surface area contributed by atoms with Crippen molar-refractivity contribution in [2.24, 2.45) is 0 Å². The van der Waals surface area contributed by atoms with Crippen molar-refractivity contribution in [2.45, 2.75) is 42.7 Å². The number of hydrogen-bond donors (Lipinski definition) is 1. The van der Waals surface area contributed by atoms with E-state index in [1.54, 1.807) is 0 Å². The van der Waals surface area contributed by atoms with Crippen LogP contribution in [-0.4, -0.2) is 44.3 Å². The summed E-state index contributed by atoms with van der Waals surface area (Å²) in [6.07, 6.45) is 5.81. The summed E-state index contributed by atoms with van der Waals surface area (Å²) < 4.78 is 33.8. The molecule has 1 aromatic rings. The van der Waals surface area contributed by atoms with Gasteiger partial charge in [-0.3, -0.25) is 0 Å². The summed E-state index contributed by atoms with van der Waals surface area (Å²) in [5.41, 5.74) is 5.76. The molecule has 1 aromatic heterocycles. The number of ether oxygens (including phenoxy) is 1. The molecular weight excluding hydrogens is 298 g/mol. The number of rotatable bonds is 2. The van der Waals surface area contributed by atoms with E-state index in [9.17, 15) is 8.42 Å². The van der Waals surface area contributed by atoms with Crippen molar-refractivity contribution in [1.29, 1.82) is 0 Å². The summed E-state index contributed by atoms with van der Waals surface area (Å²) in [5.74, 6) is 0.117. The van der Waals surface area contributed by atoms with E-state index in [1.807, 2.05) is 0 Å². The molecule has 20 heavy (non-hydrogen) atoms. The number of nitrogens with two attached hydrogens (primary N) is 1. The average Bonchev–Trinajstić information content (AvgIpc) is 2.80. The van der Waals surface area contributed by atoms with Crippen molar-refractivity contribution >= 4 is 32.2 Å². The van der Waals surface area contributed by atoms with Crippen molar-refractivity contribution in [3.05, 3.63) is 0 Å². The number of morpholine rings is 1. The van der Waals surface area contributed by atoms with Crippen LogP contribution in [0.1, 0.15) is 25.7 Å². The van der Waals surface area contributed by atoms with Crippen molar-refractivity contribution < 1.29 is 13.2 Å². The minimum absolute atomic E-state index is 0.117. The van der Waals surface area contributed by atoms with Gasteiger partial charge < -0.3 is 15.4 Å². The van der Waals surface area contributed by atoms with Crippen LogP contribution in [0.5, 0.6) is 0 Å². The molecule has 3 rings (SSSR count). The van der Waals surface area contributed by atoms with Crippen LogP contribution in [0.15, 0.2) is 4.90 Å². The molecule has 1 saturated heterocycles. The molecule has 2 unspecified atom stereocenters. The third-order valence-corrected chi connectivity index (χ3v) is 6.19. The van der Waals surface area contributed by atoms with Crippen LogP contribution >= 0.6 is 11.5 Å². The Bertz CT molecular complexity index is 597. The van der Waals surface area contributed by atoms with Crippen LogP contribution in [-0.2, 0) is 14.6 Å². The molecule has 8 heteroatoms. The average molecular weight is 317 g/mol. The lowest BCUT2D eigenvalue weighted by Gasteiger charge is -2.44. The topological polar surface area (TPSA) is 85.5 Å². The molecule has 1 aliphatic heterocycles. The van der Waals surface area contributed by atoms with Crippen molar-refractivity contribution in [2.75, 3.05) is 30.0 Å². The van der Waals surface area contributed by atoms with Crippen molar-refractivity contribution in [3.8, 4) is 0 Å². The summed E-state index contributed by atoms with van der Waals surface area (Å²) in [7, 11) is -3.37. The summed E-state index contributed by atoms with van der Waals surface area (Å²) in [5, 5.41) is 0.685. The van der Waals surface area contributed by atoms with Gasteiger partial charge in [-0.2, -0.15) is 4.37 Å². The zero-order chi connectivity index (χ0) is 14.3. The van der Waals surface area contributed by atoms with Gasteiger partial charge in [0.15, 0.2) is 15.7 Å². The highest BCUT2D eigenvalue weighted by Gasteiger charge is 2.37. The molecule has 0 aromatic carbocycles. The number of hydrogen-bond acceptors (Lipinski definition) is 7. The molecule has 2 aliphatic rings. The van der Waals surface area contributed by atoms with E-state index in [0.717, 1.165) is 19.3 Å². The second kappa shape index (κ2) is 5.16. The number of nitrogen functional groups attached to an aromatic ring is 1. The Labute approximate surface area is 123 Å². The highest BCUT2D eigenvalue weighted by molar-refractivity contribution is 7.91. The molecular formula is C12H19N3O3S2. The molecule has 2 heterocycles. The largest absolute Gasteiger partial charge is 0.382 e. The summed E-state index contributed by atoms with van der Waals surface area (Å²) >= 11 is 1.18. The molecule has 6 nitrogen and oxygen atoms in total. The first-order valence-corrected chi connectivity index (χ1v) is 9.48. The minimum Gasteiger partial charge on any atom is -0.382 e. The molecule has 0 bridgehead atoms. The quantitative estimate of drug-likeness (QED) is 0.884. The normalized spacial score (nSPS) is 27.4. The first-order valence-electron chi connectivity index (χ1n) is 6.82. The van der Waals surface area contributed by atoms with Crippen LogP contribution in [0.4, 0.5) is 10.8 Å². The summed E-state index contributed by atoms with van der Waals surface area (Å²) in [6, 6.07) is 0.248. The Hall–Kier alpha value is -0.860. The van der Waals surface area contributed by atoms with Crippen LogP contribution < -0.4 is 10.6 Å². The SMILES string of the molecule is CS(=O)(=O)c1c(N)nsc1N1CCOC2CCCCC21. The lowest BCUT2D eigenvalue weighted by Crippen LogP contribution is -2.52. The maximum atomic E-state index is 12.0. The van der Waals surface area contributed by atoms with E-state index in [-0.39, 0.29) is 22.9 Å². The molecule has 1 saturated carbocycles. The molecule has 1 aliphatic carbocycles. The van der Waals surface area contributed by atoms with Crippen LogP contribution in [0.3, 0.4) is 0 Å². The van der Waals surface area contributed by atoms with E-state index < -0.39 is 9.84 Å². The van der Waals surface area contributed by atoms with Gasteiger partial charge in [0, 0.05) is 12.8 Å². The highest BCUT2D eigenvalue weighted by atomic mass is 32.2. The maximum Gasteiger partial charge on any atom is 0.182 e. The monoisotopic (exact) mass is 317 g/mol. The van der Waals surface area contributed by atoms with E-state index >= 15 is 0 Å². The van der Waals surface area contributed by atoms with E-state index in [1.165, 1.54) is 24.2 Å². The first-order chi connectivity index (χ1) is 9.48. The predicted octanol–water partition coefficient (Wildman–Crippen LogP) is 1.28. The predicted molar refractivity (Wildman–Crippen MR) is 79.0 cm³/mol. The molecule has 2 atom stereocenters. The molecule has 2 N–H and O–H groups in total. The van der Waals surface area contributed by atoms with Gasteiger partial charge >= 0.3 is 0 Å². The van der Waals surface area contributed by atoms with Gasteiger partial charge in [0.1, 0.15) is 9.90 Å². The van der Waals surface area contributed by atoms with Crippen molar-refractivity contribution in [3.63, 3.8) is 0 Å². The fraction of sp³-hybridized carbons (Fsp3) is 0.750. The number of aromatic nitrogens is 1. The van der Waals surface area contributed by atoms with E-state index in [4.69, 9.17) is 10.5 Å². The zero-order valence-electron chi connectivity index (χ0n) is 11.4. The number of fused-ring (bicyclic) bond motifs is 1. The third-order valence-electron chi connectivity index (χ3n) is 4.02. The molecule has 0 radical (unpaired) electrons. The van der Waals surface area contributed by atoms with Gasteiger partial charge in [-0.1, -0.05) is 12.8 Å². The Morgan fingerprint density at radius 3 is 2.90 bits per heavy atom. The number of anilines is 2. The van der Waals surface area contributed by atoms with Crippen LogP contribution in [0, 0.1) is 0 Å². The minimum atomic E-state index is -3.37. The Balaban J connectivity index is 2.00. The standard InChI is InChI=1S/C12H19N3O3S2/c1-20(16,17)10-11(13)14-19-12(10)15-6-7-18-9-5-3-2-4-8(9)15/h8-9H,2-7H2,1H3,(H2,13,14). The van der Waals surface area contributed by atoms with Crippen LogP contribution in [0.25, 0.3) is 0 Å². The van der Waals surface area contributed by atoms with E-state index in [0.29, 0.717) is 18.2 Å². The Kier molecular flexibility index (Phi) is 3.64.